The van der Waals surface area contributed by atoms with E-state index in [0.29, 0.717) is 32.6 Å². The number of amides is 2. The second kappa shape index (κ2) is 10.8. The van der Waals surface area contributed by atoms with Crippen LogP contribution in [0.15, 0.2) is 54.6 Å². The fraction of sp³-hybridized carbons (Fsp3) is 0.333. The van der Waals surface area contributed by atoms with Gasteiger partial charge in [-0.15, -0.1) is 12.4 Å². The van der Waals surface area contributed by atoms with Crippen molar-refractivity contribution in [3.63, 3.8) is 0 Å². The number of piperazine rings is 1. The number of rotatable bonds is 6. The van der Waals surface area contributed by atoms with Gasteiger partial charge in [-0.05, 0) is 23.3 Å². The van der Waals surface area contributed by atoms with Gasteiger partial charge in [0.25, 0.3) is 0 Å². The molecule has 1 fully saturated rings. The van der Waals surface area contributed by atoms with Crippen LogP contribution in [0.25, 0.3) is 0 Å². The van der Waals surface area contributed by atoms with Crippen molar-refractivity contribution in [2.45, 2.75) is 18.9 Å². The molecule has 2 amide bonds. The SMILES string of the molecule is Cl.O=C(Cc1ccccc1)NCCC(=O)N1CCNCC1c1cccc(F)c1. The van der Waals surface area contributed by atoms with Crippen molar-refractivity contribution < 1.29 is 14.0 Å². The Hall–Kier alpha value is -2.44. The highest BCUT2D eigenvalue weighted by molar-refractivity contribution is 5.85. The van der Waals surface area contributed by atoms with Crippen LogP contribution in [-0.2, 0) is 16.0 Å². The Balaban J connectivity index is 0.00000280. The van der Waals surface area contributed by atoms with Crippen molar-refractivity contribution in [1.29, 1.82) is 0 Å². The third kappa shape index (κ3) is 6.04. The van der Waals surface area contributed by atoms with Crippen LogP contribution in [0, 0.1) is 5.82 Å². The first-order chi connectivity index (χ1) is 13.1. The summed E-state index contributed by atoms with van der Waals surface area (Å²) in [7, 11) is 0. The maximum Gasteiger partial charge on any atom is 0.224 e. The number of benzene rings is 2. The van der Waals surface area contributed by atoms with E-state index in [0.717, 1.165) is 11.1 Å². The minimum absolute atomic E-state index is 0. The van der Waals surface area contributed by atoms with E-state index in [-0.39, 0.29) is 42.5 Å². The average Bonchev–Trinajstić information content (AvgIpc) is 2.68. The number of halogens is 2. The first kappa shape index (κ1) is 21.9. The largest absolute Gasteiger partial charge is 0.355 e. The second-order valence-corrected chi connectivity index (χ2v) is 6.62. The number of carbonyl (C=O) groups excluding carboxylic acids is 2. The van der Waals surface area contributed by atoms with Crippen LogP contribution in [0.5, 0.6) is 0 Å². The van der Waals surface area contributed by atoms with Crippen molar-refractivity contribution in [1.82, 2.24) is 15.5 Å². The molecule has 5 nitrogen and oxygen atoms in total. The molecular weight excluding hydrogens is 381 g/mol. The molecule has 2 N–H and O–H groups in total. The predicted molar refractivity (Wildman–Crippen MR) is 109 cm³/mol. The zero-order chi connectivity index (χ0) is 19.1. The van der Waals surface area contributed by atoms with Crippen molar-refractivity contribution in [3.05, 3.63) is 71.5 Å². The summed E-state index contributed by atoms with van der Waals surface area (Å²) in [6.45, 7) is 2.16. The van der Waals surface area contributed by atoms with Crippen molar-refractivity contribution in [3.8, 4) is 0 Å². The number of hydrogen-bond donors (Lipinski definition) is 2. The zero-order valence-corrected chi connectivity index (χ0v) is 16.4. The maximum absolute atomic E-state index is 13.5. The molecule has 1 heterocycles. The van der Waals surface area contributed by atoms with Crippen molar-refractivity contribution >= 4 is 24.2 Å². The summed E-state index contributed by atoms with van der Waals surface area (Å²) in [5.41, 5.74) is 1.72. The first-order valence-corrected chi connectivity index (χ1v) is 9.20. The fourth-order valence-electron chi connectivity index (χ4n) is 3.31. The minimum atomic E-state index is -0.307. The Morgan fingerprint density at radius 3 is 2.68 bits per heavy atom. The molecule has 1 aliphatic heterocycles. The van der Waals surface area contributed by atoms with E-state index in [1.54, 1.807) is 11.0 Å². The highest BCUT2D eigenvalue weighted by Crippen LogP contribution is 2.23. The lowest BCUT2D eigenvalue weighted by atomic mass is 10.0. The van der Waals surface area contributed by atoms with Crippen LogP contribution in [0.1, 0.15) is 23.6 Å². The van der Waals surface area contributed by atoms with E-state index in [4.69, 9.17) is 0 Å². The summed E-state index contributed by atoms with van der Waals surface area (Å²) >= 11 is 0. The lowest BCUT2D eigenvalue weighted by molar-refractivity contribution is -0.134. The van der Waals surface area contributed by atoms with Crippen LogP contribution >= 0.6 is 12.4 Å². The number of nitrogens with zero attached hydrogens (tertiary/aromatic N) is 1. The minimum Gasteiger partial charge on any atom is -0.355 e. The van der Waals surface area contributed by atoms with Gasteiger partial charge < -0.3 is 15.5 Å². The molecule has 0 radical (unpaired) electrons. The molecule has 28 heavy (non-hydrogen) atoms. The van der Waals surface area contributed by atoms with Crippen LogP contribution in [-0.4, -0.2) is 42.9 Å². The van der Waals surface area contributed by atoms with E-state index in [9.17, 15) is 14.0 Å². The number of carbonyl (C=O) groups is 2. The Morgan fingerprint density at radius 2 is 1.93 bits per heavy atom. The van der Waals surface area contributed by atoms with Gasteiger partial charge in [-0.3, -0.25) is 9.59 Å². The van der Waals surface area contributed by atoms with Crippen molar-refractivity contribution in [2.75, 3.05) is 26.2 Å². The summed E-state index contributed by atoms with van der Waals surface area (Å²) < 4.78 is 13.5. The van der Waals surface area contributed by atoms with E-state index in [2.05, 4.69) is 10.6 Å². The van der Waals surface area contributed by atoms with Gasteiger partial charge in [0.15, 0.2) is 0 Å². The molecule has 1 saturated heterocycles. The molecule has 1 aliphatic rings. The van der Waals surface area contributed by atoms with Gasteiger partial charge in [0, 0.05) is 32.6 Å². The molecule has 0 saturated carbocycles. The van der Waals surface area contributed by atoms with Gasteiger partial charge in [0.05, 0.1) is 12.5 Å². The number of nitrogens with one attached hydrogen (secondary N) is 2. The van der Waals surface area contributed by atoms with E-state index < -0.39 is 0 Å². The third-order valence-corrected chi connectivity index (χ3v) is 4.67. The van der Waals surface area contributed by atoms with Crippen LogP contribution in [0.3, 0.4) is 0 Å². The summed E-state index contributed by atoms with van der Waals surface area (Å²) in [6, 6.07) is 15.7. The summed E-state index contributed by atoms with van der Waals surface area (Å²) in [4.78, 5) is 26.4. The first-order valence-electron chi connectivity index (χ1n) is 9.20. The van der Waals surface area contributed by atoms with Gasteiger partial charge >= 0.3 is 0 Å². The van der Waals surface area contributed by atoms with Gasteiger partial charge in [-0.25, -0.2) is 4.39 Å². The molecule has 0 spiro atoms. The lowest BCUT2D eigenvalue weighted by Gasteiger charge is -2.36. The van der Waals surface area contributed by atoms with Crippen LogP contribution in [0.2, 0.25) is 0 Å². The molecule has 0 bridgehead atoms. The summed E-state index contributed by atoms with van der Waals surface area (Å²) in [6.07, 6.45) is 0.529. The number of hydrogen-bond acceptors (Lipinski definition) is 3. The molecule has 2 aromatic carbocycles. The average molecular weight is 406 g/mol. The molecule has 150 valence electrons. The van der Waals surface area contributed by atoms with E-state index in [1.165, 1.54) is 12.1 Å². The van der Waals surface area contributed by atoms with Gasteiger partial charge in [-0.2, -0.15) is 0 Å². The van der Waals surface area contributed by atoms with E-state index in [1.807, 2.05) is 36.4 Å². The Bertz CT molecular complexity index is 788. The molecule has 1 unspecified atom stereocenters. The fourth-order valence-corrected chi connectivity index (χ4v) is 3.31. The third-order valence-electron chi connectivity index (χ3n) is 4.67. The standard InChI is InChI=1S/C21H24FN3O2.ClH/c22-18-8-4-7-17(14-18)19-15-23-11-12-25(19)21(27)9-10-24-20(26)13-16-5-2-1-3-6-16;/h1-8,14,19,23H,9-13,15H2,(H,24,26);1H. The smallest absolute Gasteiger partial charge is 0.224 e. The maximum atomic E-state index is 13.5. The quantitative estimate of drug-likeness (QED) is 0.776. The highest BCUT2D eigenvalue weighted by Gasteiger charge is 2.27. The second-order valence-electron chi connectivity index (χ2n) is 6.62. The Morgan fingerprint density at radius 1 is 1.14 bits per heavy atom. The molecule has 7 heteroatoms. The summed E-state index contributed by atoms with van der Waals surface area (Å²) in [5.74, 6) is -0.444. The normalized spacial score (nSPS) is 16.2. The predicted octanol–water partition coefficient (Wildman–Crippen LogP) is 2.47. The van der Waals surface area contributed by atoms with Gasteiger partial charge in [0.1, 0.15) is 5.82 Å². The van der Waals surface area contributed by atoms with Crippen molar-refractivity contribution in [2.24, 2.45) is 0 Å². The Labute approximate surface area is 170 Å². The molecular formula is C21H25ClFN3O2. The van der Waals surface area contributed by atoms with Crippen LogP contribution in [0.4, 0.5) is 4.39 Å². The topological polar surface area (TPSA) is 61.4 Å². The molecule has 1 atom stereocenters. The highest BCUT2D eigenvalue weighted by atomic mass is 35.5. The zero-order valence-electron chi connectivity index (χ0n) is 15.6. The lowest BCUT2D eigenvalue weighted by Crippen LogP contribution is -2.49. The molecule has 0 aromatic heterocycles. The monoisotopic (exact) mass is 405 g/mol. The molecule has 0 aliphatic carbocycles. The Kier molecular flexibility index (Phi) is 8.42. The molecule has 3 rings (SSSR count). The van der Waals surface area contributed by atoms with Crippen LogP contribution < -0.4 is 10.6 Å². The summed E-state index contributed by atoms with van der Waals surface area (Å²) in [5, 5.41) is 6.06. The molecule has 2 aromatic rings. The van der Waals surface area contributed by atoms with Gasteiger partial charge in [-0.1, -0.05) is 42.5 Å². The van der Waals surface area contributed by atoms with E-state index >= 15 is 0 Å². The van der Waals surface area contributed by atoms with Gasteiger partial charge in [0.2, 0.25) is 11.8 Å².